The van der Waals surface area contributed by atoms with Crippen molar-refractivity contribution >= 4 is 0 Å². The van der Waals surface area contributed by atoms with Gasteiger partial charge in [-0.25, -0.2) is 31.6 Å². The Kier molecular flexibility index (Phi) is 5580. The number of nitriles is 6. The van der Waals surface area contributed by atoms with E-state index in [-0.39, 0.29) is 52.7 Å². The first kappa shape index (κ1) is 103. The second kappa shape index (κ2) is 814. The van der Waals surface area contributed by atoms with E-state index in [9.17, 15) is 0 Å². The first-order valence-corrected chi connectivity index (χ1v) is 1.55. The molecule has 0 unspecified atom stereocenters. The van der Waals surface area contributed by atoms with Crippen molar-refractivity contribution < 1.29 is 52.7 Å². The summed E-state index contributed by atoms with van der Waals surface area (Å²) in [6.45, 7) is 21.0. The molecule has 0 N–H and O–H groups in total. The Morgan fingerprint density at radius 1 is 0.333 bits per heavy atom. The Morgan fingerprint density at radius 2 is 0.333 bits per heavy atom. The van der Waals surface area contributed by atoms with Gasteiger partial charge < -0.3 is 0 Å². The maximum atomic E-state index is 6.50. The molecule has 0 atom stereocenters. The molecule has 81 valence electrons. The summed E-state index contributed by atoms with van der Waals surface area (Å²) in [6.07, 6.45) is 0. The van der Waals surface area contributed by atoms with Gasteiger partial charge in [0.25, 0.3) is 0 Å². The smallest absolute Gasteiger partial charge is 0.0462 e. The molecule has 6 nitrogen and oxygen atoms in total. The van der Waals surface area contributed by atoms with E-state index in [1.54, 1.807) is 0 Å². The van der Waals surface area contributed by atoms with Gasteiger partial charge in [0.15, 0.2) is 0 Å². The van der Waals surface area contributed by atoms with E-state index in [2.05, 4.69) is 39.4 Å². The fourth-order valence-corrected chi connectivity index (χ4v) is 0. The van der Waals surface area contributed by atoms with Crippen molar-refractivity contribution in [3.63, 3.8) is 0 Å². The van der Waals surface area contributed by atoms with Crippen molar-refractivity contribution in [2.45, 2.75) is 0 Å². The van der Waals surface area contributed by atoms with Crippen LogP contribution in [-0.2, 0) is 52.7 Å². The molecule has 15 heavy (non-hydrogen) atoms. The molecule has 0 aromatic heterocycles. The third-order valence-corrected chi connectivity index (χ3v) is 0. The van der Waals surface area contributed by atoms with Gasteiger partial charge in [0, 0.05) is 92.1 Å². The Bertz CT molecular complexity index is 101. The van der Waals surface area contributed by atoms with Crippen LogP contribution in [0.1, 0.15) is 0 Å². The Labute approximate surface area is 123 Å². The molecule has 0 amide bonds. The van der Waals surface area contributed by atoms with E-state index in [4.69, 9.17) is 31.6 Å². The Hall–Kier alpha value is -1.44. The number of nitrogens with zero attached hydrogens (tertiary/aromatic N) is 6. The van der Waals surface area contributed by atoms with E-state index < -0.39 is 0 Å². The normalized spacial score (nSPS) is 0.800. The second-order valence-corrected chi connectivity index (χ2v) is 0. The fraction of sp³-hybridized carbons (Fsp3) is 0. The van der Waals surface area contributed by atoms with Crippen molar-refractivity contribution in [3.05, 3.63) is 0 Å². The van der Waals surface area contributed by atoms with Crippen molar-refractivity contribution in [1.29, 1.82) is 31.6 Å². The molecule has 0 heterocycles. The molecule has 0 fully saturated rings. The Morgan fingerprint density at radius 3 is 0.333 bits per heavy atom. The summed E-state index contributed by atoms with van der Waals surface area (Å²) >= 11 is 0. The van der Waals surface area contributed by atoms with Crippen molar-refractivity contribution in [2.75, 3.05) is 0 Å². The monoisotopic (exact) mass is 325 g/mol. The molecule has 0 saturated carbocycles. The van der Waals surface area contributed by atoms with Gasteiger partial charge in [-0.15, -0.1) is 0 Å². The summed E-state index contributed by atoms with van der Waals surface area (Å²) in [5, 5.41) is 39.0. The van der Waals surface area contributed by atoms with Crippen LogP contribution < -0.4 is 0 Å². The fourth-order valence-electron chi connectivity index (χ4n) is 0. The van der Waals surface area contributed by atoms with Crippen molar-refractivity contribution in [3.8, 4) is 39.4 Å². The van der Waals surface area contributed by atoms with E-state index in [1.165, 1.54) is 0 Å². The van der Waals surface area contributed by atoms with E-state index >= 15 is 0 Å². The zero-order valence-electron chi connectivity index (χ0n) is 7.30. The SMILES string of the molecule is C#N.C#N.C#N.C#N.C#N.C#N.[Fe].[Fe].[V]. The molecule has 0 aromatic rings. The standard InChI is InChI=1S/6CHN.2Fe.V/c6*1-2;;;/h6*1H;;;. The minimum Gasteiger partial charge on any atom is -0.202 e. The van der Waals surface area contributed by atoms with Crippen LogP contribution in [-0.4, -0.2) is 0 Å². The van der Waals surface area contributed by atoms with Crippen LogP contribution >= 0.6 is 0 Å². The molecule has 9 heteroatoms. The van der Waals surface area contributed by atoms with E-state index in [0.29, 0.717) is 0 Å². The predicted octanol–water partition coefficient (Wildman–Crippen LogP) is 0.831. The second-order valence-electron chi connectivity index (χ2n) is 0. The summed E-state index contributed by atoms with van der Waals surface area (Å²) < 4.78 is 0. The summed E-state index contributed by atoms with van der Waals surface area (Å²) in [7, 11) is 0. The van der Waals surface area contributed by atoms with Crippen molar-refractivity contribution in [1.82, 2.24) is 0 Å². The molecule has 0 aliphatic carbocycles. The largest absolute Gasteiger partial charge is 0.202 e. The van der Waals surface area contributed by atoms with Crippen LogP contribution in [0, 0.1) is 71.0 Å². The molecular formula is C6H6Fe2N6V. The molecule has 0 aliphatic heterocycles. The minimum absolute atomic E-state index is 0. The van der Waals surface area contributed by atoms with Gasteiger partial charge in [-0.05, 0) is 0 Å². The number of hydrogen-bond acceptors (Lipinski definition) is 6. The van der Waals surface area contributed by atoms with Gasteiger partial charge in [0.05, 0.1) is 0 Å². The van der Waals surface area contributed by atoms with E-state index in [1.807, 2.05) is 0 Å². The quantitative estimate of drug-likeness (QED) is 0.604. The zero-order chi connectivity index (χ0) is 12.0. The topological polar surface area (TPSA) is 143 Å². The van der Waals surface area contributed by atoms with Crippen molar-refractivity contribution in [2.24, 2.45) is 0 Å². The van der Waals surface area contributed by atoms with Gasteiger partial charge >= 0.3 is 0 Å². The summed E-state index contributed by atoms with van der Waals surface area (Å²) in [5.74, 6) is 0. The third-order valence-electron chi connectivity index (χ3n) is 0. The van der Waals surface area contributed by atoms with Gasteiger partial charge in [0.1, 0.15) is 0 Å². The number of rotatable bonds is 0. The maximum Gasteiger partial charge on any atom is 0.0462 e. The zero-order valence-corrected chi connectivity index (χ0v) is 10.9. The average molecular weight is 325 g/mol. The average Bonchev–Trinajstić information content (AvgIpc) is 2.33. The van der Waals surface area contributed by atoms with E-state index in [0.717, 1.165) is 0 Å². The maximum absolute atomic E-state index is 6.50. The minimum atomic E-state index is 0. The first-order chi connectivity index (χ1) is 6.00. The molecule has 0 bridgehead atoms. The van der Waals surface area contributed by atoms with Crippen LogP contribution in [0.4, 0.5) is 0 Å². The van der Waals surface area contributed by atoms with Crippen LogP contribution in [0.5, 0.6) is 0 Å². The van der Waals surface area contributed by atoms with Crippen LogP contribution in [0.25, 0.3) is 0 Å². The summed E-state index contributed by atoms with van der Waals surface area (Å²) in [5.41, 5.74) is 0. The van der Waals surface area contributed by atoms with Gasteiger partial charge in [-0.2, -0.15) is 0 Å². The molecule has 0 saturated heterocycles. The van der Waals surface area contributed by atoms with Crippen LogP contribution in [0.3, 0.4) is 0 Å². The number of hydrogen-bond donors (Lipinski definition) is 0. The van der Waals surface area contributed by atoms with Gasteiger partial charge in [0.2, 0.25) is 0 Å². The molecule has 0 aliphatic rings. The molecular weight excluding hydrogens is 319 g/mol. The van der Waals surface area contributed by atoms with Crippen LogP contribution in [0.2, 0.25) is 0 Å². The summed E-state index contributed by atoms with van der Waals surface area (Å²) in [4.78, 5) is 0. The Balaban J connectivity index is -0.00000000396. The first-order valence-electron chi connectivity index (χ1n) is 1.55. The molecule has 1 radical (unpaired) electrons. The predicted molar refractivity (Wildman–Crippen MR) is 40.0 cm³/mol. The summed E-state index contributed by atoms with van der Waals surface area (Å²) in [6, 6.07) is 0. The molecule has 0 rings (SSSR count). The van der Waals surface area contributed by atoms with Gasteiger partial charge in [-0.3, -0.25) is 0 Å². The molecule has 0 spiro atoms. The van der Waals surface area contributed by atoms with Gasteiger partial charge in [-0.1, -0.05) is 0 Å². The molecule has 0 aromatic carbocycles. The third kappa shape index (κ3) is 679. The van der Waals surface area contributed by atoms with Crippen LogP contribution in [0.15, 0.2) is 0 Å².